The van der Waals surface area contributed by atoms with Crippen LogP contribution in [0.4, 0.5) is 5.69 Å². The number of hydrogen-bond donors (Lipinski definition) is 1. The second kappa shape index (κ2) is 9.59. The number of pyridine rings is 1. The zero-order valence-corrected chi connectivity index (χ0v) is 17.4. The first-order valence-corrected chi connectivity index (χ1v) is 10.0. The Balaban J connectivity index is 1.55. The first-order chi connectivity index (χ1) is 15.2. The highest BCUT2D eigenvalue weighted by Gasteiger charge is 2.21. The van der Waals surface area contributed by atoms with Crippen molar-refractivity contribution in [1.29, 1.82) is 0 Å². The van der Waals surface area contributed by atoms with E-state index in [1.807, 2.05) is 16.8 Å². The number of hydrogen-bond acceptors (Lipinski definition) is 7. The fourth-order valence-corrected chi connectivity index (χ4v) is 3.48. The molecule has 1 aliphatic rings. The fourth-order valence-electron chi connectivity index (χ4n) is 3.48. The summed E-state index contributed by atoms with van der Waals surface area (Å²) in [5, 5.41) is 7.24. The van der Waals surface area contributed by atoms with Crippen LogP contribution in [0.15, 0.2) is 48.7 Å². The average Bonchev–Trinajstić information content (AvgIpc) is 3.31. The van der Waals surface area contributed by atoms with Crippen molar-refractivity contribution >= 4 is 11.6 Å². The van der Waals surface area contributed by atoms with Gasteiger partial charge in [0, 0.05) is 18.9 Å². The van der Waals surface area contributed by atoms with Gasteiger partial charge in [-0.1, -0.05) is 6.07 Å². The summed E-state index contributed by atoms with van der Waals surface area (Å²) in [4.78, 5) is 27.1. The standard InChI is InChI=1S/C22H24N4O5/c1-28-20-14-15(31-29-2)9-10-17(20)25-22(27)18-7-5-6-16(24-18)19-11-12-23-26(19)21-8-3-4-13-30-21/h5-7,9-12,14,21H,3-4,8,13H2,1-2H3,(H,25,27). The molecule has 9 nitrogen and oxygen atoms in total. The Hall–Kier alpha value is -3.43. The molecule has 9 heteroatoms. The third-order valence-corrected chi connectivity index (χ3v) is 4.94. The topological polar surface area (TPSA) is 96.7 Å². The summed E-state index contributed by atoms with van der Waals surface area (Å²) < 4.78 is 13.0. The fraction of sp³-hybridized carbons (Fsp3) is 0.318. The van der Waals surface area contributed by atoms with Gasteiger partial charge in [-0.05, 0) is 49.6 Å². The van der Waals surface area contributed by atoms with Gasteiger partial charge in [-0.2, -0.15) is 9.99 Å². The molecule has 1 atom stereocenters. The minimum atomic E-state index is -0.361. The minimum absolute atomic E-state index is 0.116. The van der Waals surface area contributed by atoms with E-state index >= 15 is 0 Å². The van der Waals surface area contributed by atoms with Gasteiger partial charge in [0.2, 0.25) is 0 Å². The molecule has 0 aliphatic carbocycles. The van der Waals surface area contributed by atoms with Crippen molar-refractivity contribution in [1.82, 2.24) is 14.8 Å². The van der Waals surface area contributed by atoms with Crippen molar-refractivity contribution in [3.8, 4) is 22.9 Å². The van der Waals surface area contributed by atoms with Gasteiger partial charge < -0.3 is 19.7 Å². The lowest BCUT2D eigenvalue weighted by Gasteiger charge is -2.24. The Morgan fingerprint density at radius 3 is 2.87 bits per heavy atom. The van der Waals surface area contributed by atoms with Gasteiger partial charge in [-0.3, -0.25) is 4.79 Å². The maximum absolute atomic E-state index is 12.9. The number of nitrogens with one attached hydrogen (secondary N) is 1. The molecule has 4 rings (SSSR count). The molecule has 1 aromatic carbocycles. The number of carbonyl (C=O) groups is 1. The first kappa shape index (κ1) is 20.8. The molecule has 3 heterocycles. The van der Waals surface area contributed by atoms with Crippen molar-refractivity contribution in [3.63, 3.8) is 0 Å². The number of ether oxygens (including phenoxy) is 2. The van der Waals surface area contributed by atoms with Crippen LogP contribution in [0.25, 0.3) is 11.4 Å². The van der Waals surface area contributed by atoms with Crippen molar-refractivity contribution in [3.05, 3.63) is 54.4 Å². The predicted molar refractivity (Wildman–Crippen MR) is 113 cm³/mol. The summed E-state index contributed by atoms with van der Waals surface area (Å²) >= 11 is 0. The van der Waals surface area contributed by atoms with E-state index in [0.29, 0.717) is 22.9 Å². The van der Waals surface area contributed by atoms with E-state index in [-0.39, 0.29) is 17.8 Å². The summed E-state index contributed by atoms with van der Waals surface area (Å²) in [5.41, 5.74) is 2.22. The van der Waals surface area contributed by atoms with Gasteiger partial charge in [0.25, 0.3) is 5.91 Å². The predicted octanol–water partition coefficient (Wildman–Crippen LogP) is 3.85. The Morgan fingerprint density at radius 1 is 1.19 bits per heavy atom. The molecular weight excluding hydrogens is 400 g/mol. The van der Waals surface area contributed by atoms with Crippen LogP contribution in [-0.4, -0.2) is 41.5 Å². The molecule has 1 saturated heterocycles. The molecule has 2 aromatic heterocycles. The van der Waals surface area contributed by atoms with Crippen molar-refractivity contribution in [2.24, 2.45) is 0 Å². The Morgan fingerprint density at radius 2 is 2.10 bits per heavy atom. The van der Waals surface area contributed by atoms with Gasteiger partial charge in [0.1, 0.15) is 11.4 Å². The lowest BCUT2D eigenvalue weighted by molar-refractivity contribution is -0.178. The van der Waals surface area contributed by atoms with E-state index in [9.17, 15) is 4.79 Å². The number of carbonyl (C=O) groups excluding carboxylic acids is 1. The van der Waals surface area contributed by atoms with E-state index < -0.39 is 0 Å². The molecule has 3 aromatic rings. The first-order valence-electron chi connectivity index (χ1n) is 10.0. The smallest absolute Gasteiger partial charge is 0.274 e. The summed E-state index contributed by atoms with van der Waals surface area (Å²) in [7, 11) is 2.92. The Bertz CT molecular complexity index is 1050. The SMILES string of the molecule is COOc1ccc(NC(=O)c2cccc(-c3ccnn3C3CCCCO3)n2)c(OC)c1. The molecule has 0 bridgehead atoms. The maximum Gasteiger partial charge on any atom is 0.274 e. The number of aromatic nitrogens is 3. The second-order valence-corrected chi connectivity index (χ2v) is 6.96. The zero-order chi connectivity index (χ0) is 21.6. The van der Waals surface area contributed by atoms with E-state index in [1.54, 1.807) is 36.5 Å². The zero-order valence-electron chi connectivity index (χ0n) is 17.4. The van der Waals surface area contributed by atoms with Crippen LogP contribution in [0.5, 0.6) is 11.5 Å². The molecule has 31 heavy (non-hydrogen) atoms. The number of methoxy groups -OCH3 is 1. The molecule has 1 aliphatic heterocycles. The summed E-state index contributed by atoms with van der Waals surface area (Å²) in [6.07, 6.45) is 4.65. The normalized spacial score (nSPS) is 16.0. The molecule has 0 spiro atoms. The monoisotopic (exact) mass is 424 g/mol. The third kappa shape index (κ3) is 4.68. The number of rotatable bonds is 7. The molecule has 0 radical (unpaired) electrons. The highest BCUT2D eigenvalue weighted by atomic mass is 17.2. The lowest BCUT2D eigenvalue weighted by Crippen LogP contribution is -2.20. The van der Waals surface area contributed by atoms with Gasteiger partial charge in [-0.15, -0.1) is 0 Å². The molecule has 1 unspecified atom stereocenters. The van der Waals surface area contributed by atoms with Crippen LogP contribution in [0, 0.1) is 0 Å². The Kier molecular flexibility index (Phi) is 6.44. The summed E-state index contributed by atoms with van der Waals surface area (Å²) in [6.45, 7) is 0.718. The highest BCUT2D eigenvalue weighted by molar-refractivity contribution is 6.04. The number of benzene rings is 1. The number of nitrogens with zero attached hydrogens (tertiary/aromatic N) is 3. The third-order valence-electron chi connectivity index (χ3n) is 4.94. The quantitative estimate of drug-likeness (QED) is 0.455. The van der Waals surface area contributed by atoms with Crippen molar-refractivity contribution in [2.45, 2.75) is 25.5 Å². The lowest BCUT2D eigenvalue weighted by atomic mass is 10.1. The summed E-state index contributed by atoms with van der Waals surface area (Å²) in [5.74, 6) is 0.530. The Labute approximate surface area is 179 Å². The van der Waals surface area contributed by atoms with Crippen LogP contribution < -0.4 is 14.9 Å². The molecule has 162 valence electrons. The van der Waals surface area contributed by atoms with Gasteiger partial charge >= 0.3 is 0 Å². The molecule has 1 fully saturated rings. The van der Waals surface area contributed by atoms with E-state index in [0.717, 1.165) is 31.6 Å². The van der Waals surface area contributed by atoms with Gasteiger partial charge in [0.05, 0.1) is 31.3 Å². The van der Waals surface area contributed by atoms with Gasteiger partial charge in [-0.25, -0.2) is 9.67 Å². The van der Waals surface area contributed by atoms with E-state index in [1.165, 1.54) is 14.2 Å². The average molecular weight is 424 g/mol. The van der Waals surface area contributed by atoms with Crippen LogP contribution in [0.1, 0.15) is 36.0 Å². The van der Waals surface area contributed by atoms with E-state index in [2.05, 4.69) is 20.3 Å². The van der Waals surface area contributed by atoms with Crippen LogP contribution in [0.2, 0.25) is 0 Å². The molecule has 0 saturated carbocycles. The van der Waals surface area contributed by atoms with Crippen LogP contribution in [0.3, 0.4) is 0 Å². The van der Waals surface area contributed by atoms with Crippen molar-refractivity contribution < 1.29 is 24.0 Å². The van der Waals surface area contributed by atoms with Gasteiger partial charge in [0.15, 0.2) is 12.0 Å². The number of amides is 1. The number of anilines is 1. The van der Waals surface area contributed by atoms with Crippen LogP contribution in [-0.2, 0) is 9.62 Å². The molecule has 1 amide bonds. The highest BCUT2D eigenvalue weighted by Crippen LogP contribution is 2.30. The van der Waals surface area contributed by atoms with E-state index in [4.69, 9.17) is 14.4 Å². The van der Waals surface area contributed by atoms with Crippen LogP contribution >= 0.6 is 0 Å². The molecule has 1 N–H and O–H groups in total. The van der Waals surface area contributed by atoms with Crippen molar-refractivity contribution in [2.75, 3.05) is 26.1 Å². The minimum Gasteiger partial charge on any atom is -0.494 e. The maximum atomic E-state index is 12.9. The summed E-state index contributed by atoms with van der Waals surface area (Å²) in [6, 6.07) is 12.1. The largest absolute Gasteiger partial charge is 0.494 e. The second-order valence-electron chi connectivity index (χ2n) is 6.96. The molecular formula is C22H24N4O5.